The van der Waals surface area contributed by atoms with Crippen LogP contribution in [0.1, 0.15) is 45.4 Å². The van der Waals surface area contributed by atoms with Crippen molar-refractivity contribution in [2.75, 3.05) is 5.32 Å². The van der Waals surface area contributed by atoms with Gasteiger partial charge in [0.05, 0.1) is 4.90 Å². The van der Waals surface area contributed by atoms with Crippen LogP contribution in [0.2, 0.25) is 0 Å². The third-order valence-electron chi connectivity index (χ3n) is 5.96. The third-order valence-corrected chi connectivity index (χ3v) is 8.11. The van der Waals surface area contributed by atoms with E-state index in [1.165, 1.54) is 24.3 Å². The lowest BCUT2D eigenvalue weighted by atomic mass is 10.0. The zero-order chi connectivity index (χ0) is 24.3. The maximum Gasteiger partial charge on any atom is 0.243 e. The molecule has 0 unspecified atom stereocenters. The number of piperidine rings is 1. The van der Waals surface area contributed by atoms with Crippen LogP contribution in [0.25, 0.3) is 11.4 Å². The first kappa shape index (κ1) is 24.0. The van der Waals surface area contributed by atoms with Crippen LogP contribution in [0.3, 0.4) is 0 Å². The quantitative estimate of drug-likeness (QED) is 0.531. The first-order valence-electron chi connectivity index (χ1n) is 11.3. The van der Waals surface area contributed by atoms with E-state index in [1.807, 2.05) is 13.8 Å². The Balaban J connectivity index is 1.34. The van der Waals surface area contributed by atoms with Gasteiger partial charge in [0.1, 0.15) is 5.82 Å². The van der Waals surface area contributed by atoms with Crippen LogP contribution in [0, 0.1) is 5.82 Å². The highest BCUT2D eigenvalue weighted by Crippen LogP contribution is 2.30. The summed E-state index contributed by atoms with van der Waals surface area (Å²) in [5.41, 5.74) is 1.12. The number of benzene rings is 2. The molecule has 1 N–H and O–H groups in total. The van der Waals surface area contributed by atoms with Crippen molar-refractivity contribution in [2.24, 2.45) is 0 Å². The number of hydrogen-bond donors (Lipinski definition) is 1. The van der Waals surface area contributed by atoms with Gasteiger partial charge in [-0.05, 0) is 75.2 Å². The molecule has 1 aliphatic rings. The molecule has 0 saturated carbocycles. The van der Waals surface area contributed by atoms with Gasteiger partial charge in [0, 0.05) is 36.2 Å². The second-order valence-corrected chi connectivity index (χ2v) is 10.4. The van der Waals surface area contributed by atoms with Gasteiger partial charge in [0.15, 0.2) is 0 Å². The SMILES string of the molecule is C[C@@H]1CCC[C@@H](C)N1S(=O)(=O)c1ccc(NC(=O)CCc2nc(-c3ccc(F)cc3)no2)cc1. The minimum absolute atomic E-state index is 0.0404. The Kier molecular flexibility index (Phi) is 7.08. The molecule has 1 aliphatic heterocycles. The van der Waals surface area contributed by atoms with Crippen LogP contribution in [0.5, 0.6) is 0 Å². The van der Waals surface area contributed by atoms with E-state index in [4.69, 9.17) is 4.52 Å². The van der Waals surface area contributed by atoms with Crippen molar-refractivity contribution in [3.8, 4) is 11.4 Å². The van der Waals surface area contributed by atoms with Crippen molar-refractivity contribution in [1.82, 2.24) is 14.4 Å². The van der Waals surface area contributed by atoms with Gasteiger partial charge in [0.25, 0.3) is 0 Å². The number of sulfonamides is 1. The number of halogens is 1. The summed E-state index contributed by atoms with van der Waals surface area (Å²) in [5.74, 6) is -0.00830. The van der Waals surface area contributed by atoms with E-state index < -0.39 is 10.0 Å². The van der Waals surface area contributed by atoms with Gasteiger partial charge in [-0.2, -0.15) is 9.29 Å². The van der Waals surface area contributed by atoms with Gasteiger partial charge >= 0.3 is 0 Å². The number of nitrogens with one attached hydrogen (secondary N) is 1. The number of amides is 1. The van der Waals surface area contributed by atoms with Crippen molar-refractivity contribution >= 4 is 21.6 Å². The molecule has 1 fully saturated rings. The van der Waals surface area contributed by atoms with Gasteiger partial charge < -0.3 is 9.84 Å². The normalized spacial score (nSPS) is 19.1. The molecule has 2 atom stereocenters. The number of nitrogens with zero attached hydrogens (tertiary/aromatic N) is 3. The van der Waals surface area contributed by atoms with Crippen molar-refractivity contribution in [3.63, 3.8) is 0 Å². The lowest BCUT2D eigenvalue weighted by Crippen LogP contribution is -2.47. The molecule has 4 rings (SSSR count). The molecule has 3 aromatic rings. The largest absolute Gasteiger partial charge is 0.339 e. The predicted octanol–water partition coefficient (Wildman–Crippen LogP) is 4.40. The fourth-order valence-electron chi connectivity index (χ4n) is 4.22. The van der Waals surface area contributed by atoms with Crippen molar-refractivity contribution in [2.45, 2.75) is 62.9 Å². The van der Waals surface area contributed by atoms with Gasteiger partial charge in [0.2, 0.25) is 27.6 Å². The Morgan fingerprint density at radius 2 is 1.74 bits per heavy atom. The summed E-state index contributed by atoms with van der Waals surface area (Å²) in [7, 11) is -3.60. The predicted molar refractivity (Wildman–Crippen MR) is 125 cm³/mol. The molecule has 1 saturated heterocycles. The van der Waals surface area contributed by atoms with E-state index in [-0.39, 0.29) is 41.5 Å². The van der Waals surface area contributed by atoms with E-state index in [9.17, 15) is 17.6 Å². The molecule has 0 radical (unpaired) electrons. The van der Waals surface area contributed by atoms with Gasteiger partial charge in [-0.25, -0.2) is 12.8 Å². The van der Waals surface area contributed by atoms with Gasteiger partial charge in [-0.15, -0.1) is 0 Å². The van der Waals surface area contributed by atoms with Crippen LogP contribution in [0.4, 0.5) is 10.1 Å². The topological polar surface area (TPSA) is 105 Å². The number of anilines is 1. The molecule has 0 bridgehead atoms. The Hall–Kier alpha value is -3.11. The second kappa shape index (κ2) is 10.0. The van der Waals surface area contributed by atoms with Crippen molar-refractivity contribution < 1.29 is 22.1 Å². The summed E-state index contributed by atoms with van der Waals surface area (Å²) >= 11 is 0. The Morgan fingerprint density at radius 1 is 1.09 bits per heavy atom. The minimum Gasteiger partial charge on any atom is -0.339 e. The van der Waals surface area contributed by atoms with Crippen molar-refractivity contribution in [1.29, 1.82) is 0 Å². The summed E-state index contributed by atoms with van der Waals surface area (Å²) in [6.45, 7) is 3.88. The molecule has 34 heavy (non-hydrogen) atoms. The van der Waals surface area contributed by atoms with E-state index >= 15 is 0 Å². The van der Waals surface area contributed by atoms with E-state index in [2.05, 4.69) is 15.5 Å². The summed E-state index contributed by atoms with van der Waals surface area (Å²) in [6.07, 6.45) is 3.06. The maximum atomic E-state index is 13.1. The Labute approximate surface area is 198 Å². The zero-order valence-electron chi connectivity index (χ0n) is 19.1. The smallest absolute Gasteiger partial charge is 0.243 e. The zero-order valence-corrected chi connectivity index (χ0v) is 19.9. The van der Waals surface area contributed by atoms with Crippen LogP contribution in [0.15, 0.2) is 57.9 Å². The standard InChI is InChI=1S/C24H27FN4O4S/c1-16-4-3-5-17(2)29(16)34(31,32)21-12-10-20(11-13-21)26-22(30)14-15-23-27-24(28-33-23)18-6-8-19(25)9-7-18/h6-13,16-17H,3-5,14-15H2,1-2H3,(H,26,30)/t16-,17-/m1/s1. The number of carbonyl (C=O) groups excluding carboxylic acids is 1. The molecule has 180 valence electrons. The monoisotopic (exact) mass is 486 g/mol. The van der Waals surface area contributed by atoms with Crippen LogP contribution < -0.4 is 5.32 Å². The average molecular weight is 487 g/mol. The first-order valence-corrected chi connectivity index (χ1v) is 12.7. The number of carbonyl (C=O) groups is 1. The van der Waals surface area contributed by atoms with Gasteiger partial charge in [-0.1, -0.05) is 11.6 Å². The summed E-state index contributed by atoms with van der Waals surface area (Å²) in [5, 5.41) is 6.61. The lowest BCUT2D eigenvalue weighted by molar-refractivity contribution is -0.116. The van der Waals surface area contributed by atoms with E-state index in [0.717, 1.165) is 19.3 Å². The molecule has 10 heteroatoms. The maximum absolute atomic E-state index is 13.1. The summed E-state index contributed by atoms with van der Waals surface area (Å²) in [6, 6.07) is 11.8. The molecule has 1 aromatic heterocycles. The molecular formula is C24H27FN4O4S. The number of aryl methyl sites for hydroxylation is 1. The van der Waals surface area contributed by atoms with Crippen molar-refractivity contribution in [3.05, 3.63) is 60.2 Å². The van der Waals surface area contributed by atoms with Gasteiger partial charge in [-0.3, -0.25) is 4.79 Å². The summed E-state index contributed by atoms with van der Waals surface area (Å²) < 4.78 is 46.1. The van der Waals surface area contributed by atoms with Crippen LogP contribution in [-0.2, 0) is 21.2 Å². The summed E-state index contributed by atoms with van der Waals surface area (Å²) in [4.78, 5) is 16.8. The third kappa shape index (κ3) is 5.34. The molecular weight excluding hydrogens is 459 g/mol. The van der Waals surface area contributed by atoms with Crippen LogP contribution in [-0.4, -0.2) is 40.9 Å². The molecule has 8 nitrogen and oxygen atoms in total. The average Bonchev–Trinajstić information content (AvgIpc) is 3.27. The molecule has 0 spiro atoms. The molecule has 2 heterocycles. The Bertz CT molecular complexity index is 1230. The number of hydrogen-bond acceptors (Lipinski definition) is 6. The Morgan fingerprint density at radius 3 is 2.38 bits per heavy atom. The van der Waals surface area contributed by atoms with E-state index in [1.54, 1.807) is 28.6 Å². The lowest BCUT2D eigenvalue weighted by Gasteiger charge is -2.37. The number of aromatic nitrogens is 2. The minimum atomic E-state index is -3.60. The highest BCUT2D eigenvalue weighted by molar-refractivity contribution is 7.89. The highest BCUT2D eigenvalue weighted by Gasteiger charge is 2.35. The molecule has 2 aromatic carbocycles. The molecule has 1 amide bonds. The second-order valence-electron chi connectivity index (χ2n) is 8.56. The van der Waals surface area contributed by atoms with Crippen LogP contribution >= 0.6 is 0 Å². The fraction of sp³-hybridized carbons (Fsp3) is 0.375. The number of rotatable bonds is 7. The highest BCUT2D eigenvalue weighted by atomic mass is 32.2. The molecule has 0 aliphatic carbocycles. The first-order chi connectivity index (χ1) is 16.2. The van der Waals surface area contributed by atoms with E-state index in [0.29, 0.717) is 23.0 Å². The fourth-order valence-corrected chi connectivity index (χ4v) is 6.10.